The van der Waals surface area contributed by atoms with Crippen molar-refractivity contribution >= 4 is 12.0 Å². The first-order valence-electron chi connectivity index (χ1n) is 8.45. The SMILES string of the molecule is O=C(O)C1C2CCCC2CN1C(=O)N(CC1CC1)C1CC1. The van der Waals surface area contributed by atoms with Gasteiger partial charge in [-0.2, -0.15) is 0 Å². The number of carboxylic acids is 1. The Labute approximate surface area is 125 Å². The van der Waals surface area contributed by atoms with Crippen molar-refractivity contribution < 1.29 is 14.7 Å². The number of nitrogens with zero attached hydrogens (tertiary/aromatic N) is 2. The van der Waals surface area contributed by atoms with Gasteiger partial charge < -0.3 is 14.9 Å². The standard InChI is InChI=1S/C16H24N2O3/c19-15(20)14-13-3-1-2-11(13)9-18(14)16(21)17(12-6-7-12)8-10-4-5-10/h10-14H,1-9H2,(H,19,20). The molecular formula is C16H24N2O3. The van der Waals surface area contributed by atoms with Crippen molar-refractivity contribution in [2.75, 3.05) is 13.1 Å². The van der Waals surface area contributed by atoms with E-state index in [1.165, 1.54) is 12.8 Å². The van der Waals surface area contributed by atoms with Crippen LogP contribution in [0, 0.1) is 17.8 Å². The number of carbonyl (C=O) groups is 2. The number of urea groups is 1. The summed E-state index contributed by atoms with van der Waals surface area (Å²) in [6, 6.07) is -0.190. The molecule has 5 heteroatoms. The van der Waals surface area contributed by atoms with Crippen molar-refractivity contribution in [2.24, 2.45) is 17.8 Å². The summed E-state index contributed by atoms with van der Waals surface area (Å²) < 4.78 is 0. The van der Waals surface area contributed by atoms with Crippen LogP contribution in [0.15, 0.2) is 0 Å². The van der Waals surface area contributed by atoms with Crippen molar-refractivity contribution in [1.82, 2.24) is 9.80 Å². The minimum absolute atomic E-state index is 0.00574. The number of hydrogen-bond acceptors (Lipinski definition) is 2. The second-order valence-electron chi connectivity index (χ2n) is 7.40. The Kier molecular flexibility index (Phi) is 3.12. The molecule has 0 aromatic rings. The highest BCUT2D eigenvalue weighted by Gasteiger charge is 2.51. The fourth-order valence-electron chi connectivity index (χ4n) is 4.33. The lowest BCUT2D eigenvalue weighted by Gasteiger charge is -2.31. The molecule has 4 fully saturated rings. The molecule has 0 aromatic heterocycles. The van der Waals surface area contributed by atoms with Gasteiger partial charge in [0.15, 0.2) is 0 Å². The molecule has 3 saturated carbocycles. The lowest BCUT2D eigenvalue weighted by molar-refractivity contribution is -0.142. The van der Waals surface area contributed by atoms with Crippen molar-refractivity contribution in [1.29, 1.82) is 0 Å². The lowest BCUT2D eigenvalue weighted by atomic mass is 9.94. The van der Waals surface area contributed by atoms with E-state index in [9.17, 15) is 14.7 Å². The molecule has 0 bridgehead atoms. The Morgan fingerprint density at radius 1 is 1.10 bits per heavy atom. The highest BCUT2D eigenvalue weighted by atomic mass is 16.4. The van der Waals surface area contributed by atoms with Crippen molar-refractivity contribution in [3.05, 3.63) is 0 Å². The summed E-state index contributed by atoms with van der Waals surface area (Å²) >= 11 is 0. The molecule has 116 valence electrons. The van der Waals surface area contributed by atoms with Gasteiger partial charge in [-0.25, -0.2) is 9.59 Å². The van der Waals surface area contributed by atoms with E-state index in [-0.39, 0.29) is 11.9 Å². The van der Waals surface area contributed by atoms with Crippen molar-refractivity contribution in [3.63, 3.8) is 0 Å². The lowest BCUT2D eigenvalue weighted by Crippen LogP contribution is -2.50. The minimum atomic E-state index is -0.806. The fraction of sp³-hybridized carbons (Fsp3) is 0.875. The van der Waals surface area contributed by atoms with Gasteiger partial charge >= 0.3 is 12.0 Å². The van der Waals surface area contributed by atoms with Gasteiger partial charge in [-0.3, -0.25) is 0 Å². The predicted octanol–water partition coefficient (Wildman–Crippen LogP) is 2.17. The Balaban J connectivity index is 1.52. The molecule has 21 heavy (non-hydrogen) atoms. The molecule has 3 aliphatic carbocycles. The second kappa shape index (κ2) is 4.89. The van der Waals surface area contributed by atoms with Gasteiger partial charge in [0.1, 0.15) is 6.04 Å². The highest BCUT2D eigenvalue weighted by Crippen LogP contribution is 2.44. The monoisotopic (exact) mass is 292 g/mol. The molecule has 3 unspecified atom stereocenters. The molecule has 1 N–H and O–H groups in total. The number of carboxylic acid groups (broad SMARTS) is 1. The third kappa shape index (κ3) is 2.40. The zero-order valence-electron chi connectivity index (χ0n) is 12.4. The Morgan fingerprint density at radius 2 is 1.86 bits per heavy atom. The number of carbonyl (C=O) groups excluding carboxylic acids is 1. The number of amides is 2. The van der Waals surface area contributed by atoms with E-state index in [0.717, 1.165) is 38.6 Å². The van der Waals surface area contributed by atoms with Crippen molar-refractivity contribution in [3.8, 4) is 0 Å². The number of fused-ring (bicyclic) bond motifs is 1. The summed E-state index contributed by atoms with van der Waals surface area (Å²) in [5.74, 6) is 0.463. The van der Waals surface area contributed by atoms with Gasteiger partial charge in [0.25, 0.3) is 0 Å². The molecule has 1 aliphatic heterocycles. The molecule has 4 aliphatic rings. The van der Waals surface area contributed by atoms with Crippen LogP contribution in [0.2, 0.25) is 0 Å². The van der Waals surface area contributed by atoms with Crippen LogP contribution in [0.4, 0.5) is 4.79 Å². The molecule has 0 spiro atoms. The number of hydrogen-bond donors (Lipinski definition) is 1. The topological polar surface area (TPSA) is 60.9 Å². The summed E-state index contributed by atoms with van der Waals surface area (Å²) in [5, 5.41) is 9.60. The van der Waals surface area contributed by atoms with Gasteiger partial charge in [-0.1, -0.05) is 6.42 Å². The predicted molar refractivity (Wildman–Crippen MR) is 76.8 cm³/mol. The molecule has 4 rings (SSSR count). The Morgan fingerprint density at radius 3 is 2.48 bits per heavy atom. The summed E-state index contributed by atoms with van der Waals surface area (Å²) in [6.45, 7) is 1.51. The first-order valence-corrected chi connectivity index (χ1v) is 8.45. The minimum Gasteiger partial charge on any atom is -0.480 e. The molecule has 1 heterocycles. The van der Waals surface area contributed by atoms with Crippen LogP contribution in [0.1, 0.15) is 44.9 Å². The first-order chi connectivity index (χ1) is 10.1. The quantitative estimate of drug-likeness (QED) is 0.864. The summed E-state index contributed by atoms with van der Waals surface area (Å²) in [7, 11) is 0. The van der Waals surface area contributed by atoms with Gasteiger partial charge in [-0.15, -0.1) is 0 Å². The van der Waals surface area contributed by atoms with Crippen LogP contribution >= 0.6 is 0 Å². The molecular weight excluding hydrogens is 268 g/mol. The normalized spacial score (nSPS) is 34.9. The van der Waals surface area contributed by atoms with Crippen LogP contribution < -0.4 is 0 Å². The Hall–Kier alpha value is -1.26. The molecule has 0 radical (unpaired) electrons. The third-order valence-electron chi connectivity index (χ3n) is 5.77. The van der Waals surface area contributed by atoms with Crippen LogP contribution in [0.5, 0.6) is 0 Å². The number of likely N-dealkylation sites (tertiary alicyclic amines) is 1. The molecule has 5 nitrogen and oxygen atoms in total. The number of rotatable bonds is 4. The van der Waals surface area contributed by atoms with E-state index in [1.807, 2.05) is 4.90 Å². The van der Waals surface area contributed by atoms with Gasteiger partial charge in [0, 0.05) is 19.1 Å². The number of aliphatic carboxylic acids is 1. The average Bonchev–Trinajstić information content (AvgIpc) is 3.33. The third-order valence-corrected chi connectivity index (χ3v) is 5.77. The molecule has 1 saturated heterocycles. The van der Waals surface area contributed by atoms with Crippen LogP contribution in [-0.2, 0) is 4.79 Å². The van der Waals surface area contributed by atoms with Gasteiger partial charge in [0.05, 0.1) is 0 Å². The van der Waals surface area contributed by atoms with Crippen LogP contribution in [-0.4, -0.2) is 52.1 Å². The van der Waals surface area contributed by atoms with Gasteiger partial charge in [-0.05, 0) is 56.3 Å². The smallest absolute Gasteiger partial charge is 0.326 e. The zero-order valence-corrected chi connectivity index (χ0v) is 12.4. The maximum absolute atomic E-state index is 12.9. The zero-order chi connectivity index (χ0) is 14.6. The average molecular weight is 292 g/mol. The molecule has 0 aromatic carbocycles. The van der Waals surface area contributed by atoms with E-state index in [2.05, 4.69) is 0 Å². The maximum atomic E-state index is 12.9. The van der Waals surface area contributed by atoms with E-state index >= 15 is 0 Å². The fourth-order valence-corrected chi connectivity index (χ4v) is 4.33. The van der Waals surface area contributed by atoms with E-state index in [1.54, 1.807) is 4.90 Å². The summed E-state index contributed by atoms with van der Waals surface area (Å²) in [6.07, 6.45) is 7.82. The van der Waals surface area contributed by atoms with E-state index < -0.39 is 12.0 Å². The molecule has 2 amide bonds. The highest BCUT2D eigenvalue weighted by molar-refractivity contribution is 5.84. The first kappa shape index (κ1) is 13.4. The summed E-state index contributed by atoms with van der Waals surface area (Å²) in [5.41, 5.74) is 0. The second-order valence-corrected chi connectivity index (χ2v) is 7.40. The maximum Gasteiger partial charge on any atom is 0.326 e. The Bertz CT molecular complexity index is 458. The largest absolute Gasteiger partial charge is 0.480 e. The van der Waals surface area contributed by atoms with Crippen LogP contribution in [0.25, 0.3) is 0 Å². The van der Waals surface area contributed by atoms with Crippen molar-refractivity contribution in [2.45, 2.75) is 57.0 Å². The van der Waals surface area contributed by atoms with Crippen LogP contribution in [0.3, 0.4) is 0 Å². The molecule has 3 atom stereocenters. The van der Waals surface area contributed by atoms with Gasteiger partial charge in [0.2, 0.25) is 0 Å². The summed E-state index contributed by atoms with van der Waals surface area (Å²) in [4.78, 5) is 28.3. The van der Waals surface area contributed by atoms with E-state index in [0.29, 0.717) is 24.4 Å². The van der Waals surface area contributed by atoms with E-state index in [4.69, 9.17) is 0 Å².